The third kappa shape index (κ3) is 4.15. The molecule has 0 bridgehead atoms. The molecular weight excluding hydrogens is 421 g/mol. The second kappa shape index (κ2) is 8.05. The third-order valence-corrected chi connectivity index (χ3v) is 6.73. The monoisotopic (exact) mass is 437 g/mol. The van der Waals surface area contributed by atoms with Crippen LogP contribution in [0.3, 0.4) is 0 Å². The number of halogens is 1. The van der Waals surface area contributed by atoms with Crippen LogP contribution in [0, 0.1) is 5.82 Å². The van der Waals surface area contributed by atoms with Gasteiger partial charge >= 0.3 is 5.97 Å². The van der Waals surface area contributed by atoms with Gasteiger partial charge in [0.1, 0.15) is 16.6 Å². The fraction of sp³-hybridized carbons (Fsp3) is 0.111. The maximum absolute atomic E-state index is 13.9. The number of sulfonamides is 1. The van der Waals surface area contributed by atoms with Crippen molar-refractivity contribution >= 4 is 38.0 Å². The normalized spacial score (nSPS) is 11.2. The molecule has 0 saturated carbocycles. The van der Waals surface area contributed by atoms with E-state index in [9.17, 15) is 22.7 Å². The van der Waals surface area contributed by atoms with Gasteiger partial charge in [-0.25, -0.2) is 22.6 Å². The molecule has 1 aromatic heterocycles. The zero-order valence-corrected chi connectivity index (χ0v) is 16.7. The number of carbonyl (C=O) groups is 1. The van der Waals surface area contributed by atoms with Gasteiger partial charge < -0.3 is 15.6 Å². The zero-order valence-electron chi connectivity index (χ0n) is 15.1. The molecule has 0 aliphatic rings. The summed E-state index contributed by atoms with van der Waals surface area (Å²) in [6.45, 7) is -0.194. The number of nitrogen functional groups attached to an aromatic ring is 1. The van der Waals surface area contributed by atoms with Gasteiger partial charge in [-0.05, 0) is 35.9 Å². The van der Waals surface area contributed by atoms with E-state index in [0.717, 1.165) is 33.8 Å². The zero-order chi connectivity index (χ0) is 21.2. The molecule has 2 aromatic carbocycles. The van der Waals surface area contributed by atoms with Crippen LogP contribution < -0.4 is 14.8 Å². The van der Waals surface area contributed by atoms with E-state index in [1.165, 1.54) is 12.6 Å². The van der Waals surface area contributed by atoms with Crippen LogP contribution in [0.1, 0.15) is 16.1 Å². The molecule has 0 aliphatic heterocycles. The van der Waals surface area contributed by atoms with Crippen LogP contribution >= 0.6 is 11.3 Å². The number of anilines is 2. The van der Waals surface area contributed by atoms with Crippen molar-refractivity contribution in [2.45, 2.75) is 11.4 Å². The summed E-state index contributed by atoms with van der Waals surface area (Å²) < 4.78 is 46.4. The Bertz CT molecular complexity index is 1150. The number of nitrogens with two attached hydrogens (primary N) is 1. The summed E-state index contributed by atoms with van der Waals surface area (Å²) in [5.41, 5.74) is 6.62. The Kier molecular flexibility index (Phi) is 5.71. The van der Waals surface area contributed by atoms with Crippen molar-refractivity contribution in [2.24, 2.45) is 0 Å². The molecule has 8 nitrogen and oxygen atoms in total. The lowest BCUT2D eigenvalue weighted by molar-refractivity contribution is 0.0692. The Balaban J connectivity index is 2.11. The minimum absolute atomic E-state index is 0.0921. The van der Waals surface area contributed by atoms with Crippen molar-refractivity contribution in [1.82, 2.24) is 4.98 Å². The number of nitrogens with zero attached hydrogens (tertiary/aromatic N) is 2. The van der Waals surface area contributed by atoms with Crippen molar-refractivity contribution in [1.29, 1.82) is 0 Å². The van der Waals surface area contributed by atoms with Crippen LogP contribution in [-0.4, -0.2) is 31.6 Å². The van der Waals surface area contributed by atoms with Gasteiger partial charge in [0.05, 0.1) is 29.7 Å². The Morgan fingerprint density at radius 2 is 1.97 bits per heavy atom. The standard InChI is InChI=1S/C18H16FN3O5S2/c1-27-12-4-2-11(3-5-12)9-22(17-16(18(23)24)21-10-28-17)29(25,26)13-6-7-15(20)14(19)8-13/h2-8,10H,9,20H2,1H3,(H,23,24). The molecule has 0 atom stereocenters. The lowest BCUT2D eigenvalue weighted by Gasteiger charge is -2.23. The van der Waals surface area contributed by atoms with Crippen LogP contribution in [-0.2, 0) is 16.6 Å². The molecule has 0 radical (unpaired) electrons. The maximum atomic E-state index is 13.9. The van der Waals surface area contributed by atoms with Gasteiger partial charge in [0.25, 0.3) is 10.0 Å². The quantitative estimate of drug-likeness (QED) is 0.545. The smallest absolute Gasteiger partial charge is 0.357 e. The number of carboxylic acid groups (broad SMARTS) is 1. The van der Waals surface area contributed by atoms with E-state index >= 15 is 0 Å². The Morgan fingerprint density at radius 1 is 1.28 bits per heavy atom. The molecule has 3 aromatic rings. The highest BCUT2D eigenvalue weighted by molar-refractivity contribution is 7.93. The number of methoxy groups -OCH3 is 1. The van der Waals surface area contributed by atoms with Crippen molar-refractivity contribution < 1.29 is 27.4 Å². The van der Waals surface area contributed by atoms with Gasteiger partial charge in [-0.2, -0.15) is 0 Å². The average molecular weight is 437 g/mol. The second-order valence-electron chi connectivity index (χ2n) is 5.85. The first-order valence-electron chi connectivity index (χ1n) is 8.11. The topological polar surface area (TPSA) is 123 Å². The van der Waals surface area contributed by atoms with Crippen molar-refractivity contribution in [3.8, 4) is 5.75 Å². The minimum atomic E-state index is -4.32. The molecule has 29 heavy (non-hydrogen) atoms. The first-order chi connectivity index (χ1) is 13.7. The first kappa shape index (κ1) is 20.6. The molecule has 1 heterocycles. The fourth-order valence-electron chi connectivity index (χ4n) is 2.52. The maximum Gasteiger partial charge on any atom is 0.357 e. The van der Waals surface area contributed by atoms with E-state index in [0.29, 0.717) is 11.3 Å². The first-order valence-corrected chi connectivity index (χ1v) is 10.4. The van der Waals surface area contributed by atoms with Gasteiger partial charge in [0, 0.05) is 0 Å². The summed E-state index contributed by atoms with van der Waals surface area (Å²) in [6, 6.07) is 9.68. The molecule has 0 spiro atoms. The molecule has 3 N–H and O–H groups in total. The van der Waals surface area contributed by atoms with Crippen LogP contribution in [0.15, 0.2) is 52.9 Å². The Morgan fingerprint density at radius 3 is 2.55 bits per heavy atom. The summed E-state index contributed by atoms with van der Waals surface area (Å²) in [5.74, 6) is -1.69. The third-order valence-electron chi connectivity index (χ3n) is 4.02. The highest BCUT2D eigenvalue weighted by atomic mass is 32.2. The summed E-state index contributed by atoms with van der Waals surface area (Å²) in [4.78, 5) is 14.9. The lowest BCUT2D eigenvalue weighted by atomic mass is 10.2. The number of benzene rings is 2. The molecule has 11 heteroatoms. The minimum Gasteiger partial charge on any atom is -0.497 e. The van der Waals surface area contributed by atoms with Crippen molar-refractivity contribution in [2.75, 3.05) is 17.1 Å². The number of rotatable bonds is 7. The van der Waals surface area contributed by atoms with Crippen LogP contribution in [0.2, 0.25) is 0 Å². The highest BCUT2D eigenvalue weighted by Crippen LogP contribution is 2.33. The van der Waals surface area contributed by atoms with E-state index < -0.39 is 27.5 Å². The molecule has 0 saturated heterocycles. The fourth-order valence-corrected chi connectivity index (χ4v) is 5.01. The van der Waals surface area contributed by atoms with Crippen LogP contribution in [0.5, 0.6) is 5.75 Å². The van der Waals surface area contributed by atoms with Crippen LogP contribution in [0.25, 0.3) is 0 Å². The van der Waals surface area contributed by atoms with E-state index in [-0.39, 0.29) is 22.1 Å². The van der Waals surface area contributed by atoms with Crippen molar-refractivity contribution in [3.05, 3.63) is 65.0 Å². The van der Waals surface area contributed by atoms with Crippen LogP contribution in [0.4, 0.5) is 15.1 Å². The second-order valence-corrected chi connectivity index (χ2v) is 8.55. The van der Waals surface area contributed by atoms with E-state index in [4.69, 9.17) is 10.5 Å². The van der Waals surface area contributed by atoms with Gasteiger partial charge in [0.15, 0.2) is 5.69 Å². The Hall–Kier alpha value is -3.18. The average Bonchev–Trinajstić information content (AvgIpc) is 3.18. The van der Waals surface area contributed by atoms with Gasteiger partial charge in [0.2, 0.25) is 0 Å². The summed E-state index contributed by atoms with van der Waals surface area (Å²) in [7, 11) is -2.82. The molecule has 0 fully saturated rings. The summed E-state index contributed by atoms with van der Waals surface area (Å²) in [6.07, 6.45) is 0. The van der Waals surface area contributed by atoms with Crippen molar-refractivity contribution in [3.63, 3.8) is 0 Å². The lowest BCUT2D eigenvalue weighted by Crippen LogP contribution is -2.31. The SMILES string of the molecule is COc1ccc(CN(c2scnc2C(=O)O)S(=O)(=O)c2ccc(N)c(F)c2)cc1. The molecular formula is C18H16FN3O5S2. The Labute approximate surface area is 170 Å². The van der Waals surface area contributed by atoms with E-state index in [1.807, 2.05) is 0 Å². The number of thiazole rings is 1. The predicted octanol–water partition coefficient (Wildman–Crippen LogP) is 2.97. The largest absolute Gasteiger partial charge is 0.497 e. The molecule has 0 aliphatic carbocycles. The number of hydrogen-bond acceptors (Lipinski definition) is 7. The number of hydrogen-bond donors (Lipinski definition) is 2. The number of ether oxygens (including phenoxy) is 1. The number of aromatic carboxylic acids is 1. The predicted molar refractivity (Wildman–Crippen MR) is 106 cm³/mol. The molecule has 3 rings (SSSR count). The summed E-state index contributed by atoms with van der Waals surface area (Å²) in [5, 5.41) is 9.29. The number of aromatic nitrogens is 1. The van der Waals surface area contributed by atoms with Gasteiger partial charge in [-0.3, -0.25) is 4.31 Å². The molecule has 0 amide bonds. The summed E-state index contributed by atoms with van der Waals surface area (Å²) >= 11 is 0.853. The highest BCUT2D eigenvalue weighted by Gasteiger charge is 2.31. The van der Waals surface area contributed by atoms with E-state index in [1.54, 1.807) is 24.3 Å². The van der Waals surface area contributed by atoms with E-state index in [2.05, 4.69) is 4.98 Å². The number of carboxylic acids is 1. The van der Waals surface area contributed by atoms with Gasteiger partial charge in [-0.15, -0.1) is 11.3 Å². The molecule has 0 unspecified atom stereocenters. The molecule has 152 valence electrons. The van der Waals surface area contributed by atoms with Gasteiger partial charge in [-0.1, -0.05) is 12.1 Å².